The number of unbranched alkanes of at least 4 members (excludes halogenated alkanes) is 2. The predicted octanol–water partition coefficient (Wildman–Crippen LogP) is 3.08. The van der Waals surface area contributed by atoms with Gasteiger partial charge in [-0.2, -0.15) is 0 Å². The molecule has 0 aliphatic carbocycles. The summed E-state index contributed by atoms with van der Waals surface area (Å²) in [5.74, 6) is 0.0639. The van der Waals surface area contributed by atoms with Gasteiger partial charge in [0.1, 0.15) is 0 Å². The predicted molar refractivity (Wildman–Crippen MR) is 75.8 cm³/mol. The van der Waals surface area contributed by atoms with Crippen LogP contribution in [0.5, 0.6) is 0 Å². The Balaban J connectivity index is 1.57. The van der Waals surface area contributed by atoms with Gasteiger partial charge in [0, 0.05) is 31.6 Å². The first-order valence-corrected chi connectivity index (χ1v) is 6.65. The molecule has 0 fully saturated rings. The van der Waals surface area contributed by atoms with E-state index in [2.05, 4.69) is 27.3 Å². The van der Waals surface area contributed by atoms with Crippen molar-refractivity contribution in [3.63, 3.8) is 0 Å². The van der Waals surface area contributed by atoms with E-state index in [-0.39, 0.29) is 5.91 Å². The van der Waals surface area contributed by atoms with Crippen molar-refractivity contribution >= 4 is 11.6 Å². The second kappa shape index (κ2) is 7.36. The van der Waals surface area contributed by atoms with Gasteiger partial charge < -0.3 is 9.88 Å². The van der Waals surface area contributed by atoms with Gasteiger partial charge in [0.2, 0.25) is 5.91 Å². The Hall–Kier alpha value is -2.10. The van der Waals surface area contributed by atoms with Gasteiger partial charge in [0.15, 0.2) is 0 Å². The van der Waals surface area contributed by atoms with E-state index in [0.717, 1.165) is 31.5 Å². The molecule has 0 bridgehead atoms. The van der Waals surface area contributed by atoms with E-state index >= 15 is 0 Å². The highest BCUT2D eigenvalue weighted by Gasteiger charge is 2.01. The molecule has 2 heterocycles. The van der Waals surface area contributed by atoms with Crippen molar-refractivity contribution in [2.75, 3.05) is 5.32 Å². The molecule has 2 rings (SSSR count). The molecule has 4 nitrogen and oxygen atoms in total. The van der Waals surface area contributed by atoms with E-state index in [0.29, 0.717) is 6.42 Å². The third-order valence-corrected chi connectivity index (χ3v) is 2.93. The van der Waals surface area contributed by atoms with Gasteiger partial charge >= 0.3 is 0 Å². The van der Waals surface area contributed by atoms with Crippen LogP contribution in [0.2, 0.25) is 0 Å². The Morgan fingerprint density at radius 3 is 2.74 bits per heavy atom. The number of carbonyl (C=O) groups is 1. The van der Waals surface area contributed by atoms with Crippen molar-refractivity contribution in [1.82, 2.24) is 9.55 Å². The summed E-state index contributed by atoms with van der Waals surface area (Å²) in [5.41, 5.74) is 0.764. The smallest absolute Gasteiger partial charge is 0.224 e. The molecule has 1 amide bonds. The third kappa shape index (κ3) is 4.95. The van der Waals surface area contributed by atoms with Crippen LogP contribution in [-0.4, -0.2) is 15.5 Å². The van der Waals surface area contributed by atoms with Gasteiger partial charge in [-0.1, -0.05) is 6.42 Å². The van der Waals surface area contributed by atoms with Crippen molar-refractivity contribution in [2.45, 2.75) is 32.2 Å². The van der Waals surface area contributed by atoms with Gasteiger partial charge in [-0.15, -0.1) is 0 Å². The van der Waals surface area contributed by atoms with Crippen molar-refractivity contribution < 1.29 is 4.79 Å². The Kier molecular flexibility index (Phi) is 5.17. The summed E-state index contributed by atoms with van der Waals surface area (Å²) in [6.07, 6.45) is 11.1. The van der Waals surface area contributed by atoms with Crippen LogP contribution in [0.15, 0.2) is 49.1 Å². The highest BCUT2D eigenvalue weighted by atomic mass is 16.1. The Morgan fingerprint density at radius 2 is 2.00 bits per heavy atom. The summed E-state index contributed by atoms with van der Waals surface area (Å²) in [4.78, 5) is 15.6. The lowest BCUT2D eigenvalue weighted by Crippen LogP contribution is -2.11. The Labute approximate surface area is 113 Å². The minimum absolute atomic E-state index is 0.0639. The van der Waals surface area contributed by atoms with Crippen LogP contribution < -0.4 is 5.32 Å². The van der Waals surface area contributed by atoms with Crippen LogP contribution in [-0.2, 0) is 11.3 Å². The molecule has 0 saturated carbocycles. The van der Waals surface area contributed by atoms with Crippen molar-refractivity contribution in [3.8, 4) is 0 Å². The molecule has 100 valence electrons. The molecule has 19 heavy (non-hydrogen) atoms. The SMILES string of the molecule is O=C(CCCCCn1cccc1)Nc1cccnc1. The summed E-state index contributed by atoms with van der Waals surface area (Å²) >= 11 is 0. The minimum Gasteiger partial charge on any atom is -0.354 e. The highest BCUT2D eigenvalue weighted by molar-refractivity contribution is 5.90. The molecule has 0 atom stereocenters. The first kappa shape index (κ1) is 13.3. The largest absolute Gasteiger partial charge is 0.354 e. The maximum Gasteiger partial charge on any atom is 0.224 e. The van der Waals surface area contributed by atoms with Crippen LogP contribution in [0, 0.1) is 0 Å². The second-order valence-electron chi connectivity index (χ2n) is 4.52. The number of anilines is 1. The van der Waals surface area contributed by atoms with Crippen LogP contribution in [0.1, 0.15) is 25.7 Å². The molecule has 0 aliphatic rings. The zero-order chi connectivity index (χ0) is 13.3. The normalized spacial score (nSPS) is 10.3. The van der Waals surface area contributed by atoms with E-state index in [4.69, 9.17) is 0 Å². The molecule has 2 aromatic rings. The van der Waals surface area contributed by atoms with Gasteiger partial charge in [-0.3, -0.25) is 9.78 Å². The zero-order valence-corrected chi connectivity index (χ0v) is 11.0. The molecule has 0 aliphatic heterocycles. The fraction of sp³-hybridized carbons (Fsp3) is 0.333. The van der Waals surface area contributed by atoms with Crippen LogP contribution in [0.3, 0.4) is 0 Å². The number of amides is 1. The van der Waals surface area contributed by atoms with Crippen LogP contribution in [0.25, 0.3) is 0 Å². The zero-order valence-electron chi connectivity index (χ0n) is 11.0. The summed E-state index contributed by atoms with van der Waals surface area (Å²) in [5, 5.41) is 2.84. The van der Waals surface area contributed by atoms with E-state index in [1.165, 1.54) is 0 Å². The summed E-state index contributed by atoms with van der Waals surface area (Å²) in [6, 6.07) is 7.71. The first-order chi connectivity index (χ1) is 9.34. The Bertz CT molecular complexity index is 479. The number of nitrogens with zero attached hydrogens (tertiary/aromatic N) is 2. The number of pyridine rings is 1. The third-order valence-electron chi connectivity index (χ3n) is 2.93. The van der Waals surface area contributed by atoms with E-state index in [9.17, 15) is 4.79 Å². The fourth-order valence-corrected chi connectivity index (χ4v) is 1.94. The fourth-order valence-electron chi connectivity index (χ4n) is 1.94. The maximum atomic E-state index is 11.7. The molecule has 0 spiro atoms. The van der Waals surface area contributed by atoms with Crippen molar-refractivity contribution in [3.05, 3.63) is 49.1 Å². The number of nitrogens with one attached hydrogen (secondary N) is 1. The molecule has 2 aromatic heterocycles. The lowest BCUT2D eigenvalue weighted by Gasteiger charge is -2.05. The van der Waals surface area contributed by atoms with Crippen molar-refractivity contribution in [1.29, 1.82) is 0 Å². The molecular weight excluding hydrogens is 238 g/mol. The van der Waals surface area contributed by atoms with E-state index in [1.54, 1.807) is 12.4 Å². The number of hydrogen-bond donors (Lipinski definition) is 1. The summed E-state index contributed by atoms with van der Waals surface area (Å²) in [7, 11) is 0. The van der Waals surface area contributed by atoms with Crippen LogP contribution in [0.4, 0.5) is 5.69 Å². The van der Waals surface area contributed by atoms with Gasteiger partial charge in [-0.25, -0.2) is 0 Å². The number of rotatable bonds is 7. The maximum absolute atomic E-state index is 11.7. The minimum atomic E-state index is 0.0639. The van der Waals surface area contributed by atoms with E-state index < -0.39 is 0 Å². The molecule has 4 heteroatoms. The summed E-state index contributed by atoms with van der Waals surface area (Å²) < 4.78 is 2.16. The average Bonchev–Trinajstić information content (AvgIpc) is 2.92. The average molecular weight is 257 g/mol. The van der Waals surface area contributed by atoms with Gasteiger partial charge in [-0.05, 0) is 37.1 Å². The topological polar surface area (TPSA) is 46.9 Å². The Morgan fingerprint density at radius 1 is 1.16 bits per heavy atom. The van der Waals surface area contributed by atoms with Gasteiger partial charge in [0.25, 0.3) is 0 Å². The quantitative estimate of drug-likeness (QED) is 0.775. The van der Waals surface area contributed by atoms with Gasteiger partial charge in [0.05, 0.1) is 11.9 Å². The monoisotopic (exact) mass is 257 g/mol. The second-order valence-corrected chi connectivity index (χ2v) is 4.52. The molecule has 0 unspecified atom stereocenters. The van der Waals surface area contributed by atoms with Crippen molar-refractivity contribution in [2.24, 2.45) is 0 Å². The number of carbonyl (C=O) groups excluding carboxylic acids is 1. The number of aromatic nitrogens is 2. The number of aryl methyl sites for hydroxylation is 1. The van der Waals surface area contributed by atoms with E-state index in [1.807, 2.05) is 24.3 Å². The molecule has 1 N–H and O–H groups in total. The standard InChI is InChI=1S/C15H19N3O/c19-15(17-14-7-6-9-16-13-14)8-2-1-3-10-18-11-4-5-12-18/h4-7,9,11-13H,1-3,8,10H2,(H,17,19). The summed E-state index contributed by atoms with van der Waals surface area (Å²) in [6.45, 7) is 1.03. The highest BCUT2D eigenvalue weighted by Crippen LogP contribution is 2.07. The molecular formula is C15H19N3O. The van der Waals surface area contributed by atoms with Crippen LogP contribution >= 0.6 is 0 Å². The molecule has 0 saturated heterocycles. The molecule has 0 aromatic carbocycles. The lowest BCUT2D eigenvalue weighted by atomic mass is 10.2. The first-order valence-electron chi connectivity index (χ1n) is 6.65. The molecule has 0 radical (unpaired) electrons. The number of hydrogen-bond acceptors (Lipinski definition) is 2. The lowest BCUT2D eigenvalue weighted by molar-refractivity contribution is -0.116.